The van der Waals surface area contributed by atoms with E-state index in [0.29, 0.717) is 16.5 Å². The van der Waals surface area contributed by atoms with Gasteiger partial charge in [-0.05, 0) is 43.4 Å². The Balaban J connectivity index is 1.59. The number of carbonyl (C=O) groups is 3. The van der Waals surface area contributed by atoms with E-state index in [1.165, 1.54) is 26.2 Å². The van der Waals surface area contributed by atoms with Crippen molar-refractivity contribution in [3.63, 3.8) is 0 Å². The number of aromatic hydroxyl groups is 1. The van der Waals surface area contributed by atoms with Crippen molar-refractivity contribution in [1.29, 1.82) is 0 Å². The van der Waals surface area contributed by atoms with E-state index in [1.807, 2.05) is 0 Å². The molecule has 0 bridgehead atoms. The number of hydrogen-bond acceptors (Lipinski definition) is 7. The Labute approximate surface area is 221 Å². The van der Waals surface area contributed by atoms with Crippen LogP contribution in [-0.4, -0.2) is 34.8 Å². The second-order valence-corrected chi connectivity index (χ2v) is 9.58. The number of allylic oxidation sites excluding steroid dienone is 3. The molecule has 0 radical (unpaired) electrons. The topological polar surface area (TPSA) is 122 Å². The molecule has 39 heavy (non-hydrogen) atoms. The van der Waals surface area contributed by atoms with Gasteiger partial charge in [0.2, 0.25) is 0 Å². The summed E-state index contributed by atoms with van der Waals surface area (Å²) in [5.41, 5.74) is -1.22. The number of phenolic OH excluding ortho intramolecular Hbond substituents is 1. The van der Waals surface area contributed by atoms with E-state index in [1.54, 1.807) is 13.0 Å². The number of phenols is 1. The summed E-state index contributed by atoms with van der Waals surface area (Å²) in [4.78, 5) is 39.1. The fourth-order valence-electron chi connectivity index (χ4n) is 5.24. The number of rotatable bonds is 5. The lowest BCUT2D eigenvalue weighted by Gasteiger charge is -2.27. The lowest BCUT2D eigenvalue weighted by Crippen LogP contribution is -2.38. The minimum absolute atomic E-state index is 0.0681. The number of aliphatic hydroxyl groups is 1. The molecule has 1 atom stereocenters. The van der Waals surface area contributed by atoms with Crippen molar-refractivity contribution < 1.29 is 42.9 Å². The van der Waals surface area contributed by atoms with Crippen LogP contribution in [0, 0.1) is 18.6 Å². The molecule has 1 aliphatic heterocycles. The molecule has 2 aliphatic rings. The monoisotopic (exact) mass is 535 g/mol. The molecule has 10 heteroatoms. The Morgan fingerprint density at radius 1 is 1.13 bits per heavy atom. The van der Waals surface area contributed by atoms with Gasteiger partial charge in [-0.3, -0.25) is 14.4 Å². The first-order valence-electron chi connectivity index (χ1n) is 11.9. The van der Waals surface area contributed by atoms with Crippen LogP contribution >= 0.6 is 0 Å². The molecule has 0 spiro atoms. The van der Waals surface area contributed by atoms with E-state index in [2.05, 4.69) is 5.32 Å². The lowest BCUT2D eigenvalue weighted by atomic mass is 9.71. The Bertz CT molecular complexity index is 1710. The van der Waals surface area contributed by atoms with Crippen LogP contribution in [0.3, 0.4) is 0 Å². The predicted octanol–water partition coefficient (Wildman–Crippen LogP) is 4.59. The van der Waals surface area contributed by atoms with Gasteiger partial charge in [-0.15, -0.1) is 0 Å². The zero-order valence-electron chi connectivity index (χ0n) is 21.4. The third-order valence-corrected chi connectivity index (χ3v) is 7.25. The van der Waals surface area contributed by atoms with Crippen molar-refractivity contribution in [3.05, 3.63) is 87.4 Å². The highest BCUT2D eigenvalue weighted by Gasteiger charge is 2.55. The molecule has 1 aliphatic carbocycles. The largest absolute Gasteiger partial charge is 0.507 e. The number of benzene rings is 3. The van der Waals surface area contributed by atoms with Crippen LogP contribution in [0.2, 0.25) is 0 Å². The van der Waals surface area contributed by atoms with E-state index in [4.69, 9.17) is 9.47 Å². The number of Topliss-reactive ketones (excluding diaryl/α,β-unsaturated/α-hetero) is 2. The average molecular weight is 535 g/mol. The van der Waals surface area contributed by atoms with E-state index in [0.717, 1.165) is 25.1 Å². The Morgan fingerprint density at radius 2 is 1.85 bits per heavy atom. The van der Waals surface area contributed by atoms with E-state index in [-0.39, 0.29) is 40.3 Å². The lowest BCUT2D eigenvalue weighted by molar-refractivity contribution is -0.123. The molecule has 0 unspecified atom stereocenters. The third kappa shape index (κ3) is 3.74. The van der Waals surface area contributed by atoms with Gasteiger partial charge >= 0.3 is 0 Å². The smallest absolute Gasteiger partial charge is 0.259 e. The van der Waals surface area contributed by atoms with Crippen LogP contribution in [0.15, 0.2) is 53.5 Å². The molecule has 200 valence electrons. The van der Waals surface area contributed by atoms with E-state index < -0.39 is 51.6 Å². The Hall–Kier alpha value is -4.73. The maximum absolute atomic E-state index is 14.4. The van der Waals surface area contributed by atoms with Gasteiger partial charge in [-0.1, -0.05) is 12.1 Å². The number of carbonyl (C=O) groups excluding carboxylic acids is 3. The van der Waals surface area contributed by atoms with Crippen molar-refractivity contribution >= 4 is 28.2 Å². The zero-order valence-corrected chi connectivity index (χ0v) is 21.4. The molecule has 5 rings (SSSR count). The van der Waals surface area contributed by atoms with E-state index >= 15 is 0 Å². The minimum Gasteiger partial charge on any atom is -0.507 e. The van der Waals surface area contributed by atoms with Gasteiger partial charge < -0.3 is 25.0 Å². The number of aryl methyl sites for hydroxylation is 1. The van der Waals surface area contributed by atoms with Crippen molar-refractivity contribution in [2.75, 3.05) is 7.11 Å². The van der Waals surface area contributed by atoms with Gasteiger partial charge in [0, 0.05) is 30.1 Å². The van der Waals surface area contributed by atoms with Gasteiger partial charge in [0.1, 0.15) is 51.2 Å². The number of ketones is 2. The molecule has 1 amide bonds. The molecule has 3 aromatic carbocycles. The first kappa shape index (κ1) is 25.9. The van der Waals surface area contributed by atoms with Crippen molar-refractivity contribution in [2.24, 2.45) is 0 Å². The number of amides is 1. The van der Waals surface area contributed by atoms with Crippen LogP contribution in [0.25, 0.3) is 10.8 Å². The molecule has 1 heterocycles. The maximum atomic E-state index is 14.4. The zero-order chi connectivity index (χ0) is 28.4. The van der Waals surface area contributed by atoms with Crippen molar-refractivity contribution in [3.8, 4) is 17.2 Å². The first-order valence-corrected chi connectivity index (χ1v) is 11.9. The summed E-state index contributed by atoms with van der Waals surface area (Å²) in [6, 6.07) is 6.30. The highest BCUT2D eigenvalue weighted by Crippen LogP contribution is 2.56. The fraction of sp³-hybridized carbons (Fsp3) is 0.207. The number of halogens is 2. The number of fused-ring (bicyclic) bond motifs is 4. The summed E-state index contributed by atoms with van der Waals surface area (Å²) >= 11 is 0. The second kappa shape index (κ2) is 8.93. The van der Waals surface area contributed by atoms with Crippen LogP contribution in [0.1, 0.15) is 40.9 Å². The highest BCUT2D eigenvalue weighted by atomic mass is 19.1. The fourth-order valence-corrected chi connectivity index (χ4v) is 5.24. The van der Waals surface area contributed by atoms with Gasteiger partial charge in [0.15, 0.2) is 17.3 Å². The summed E-state index contributed by atoms with van der Waals surface area (Å²) in [5.74, 6) is -5.05. The molecule has 0 aromatic heterocycles. The van der Waals surface area contributed by atoms with E-state index in [9.17, 15) is 33.4 Å². The van der Waals surface area contributed by atoms with Crippen LogP contribution in [0.4, 0.5) is 8.78 Å². The van der Waals surface area contributed by atoms with Crippen LogP contribution in [0.5, 0.6) is 17.2 Å². The molecule has 8 nitrogen and oxygen atoms in total. The summed E-state index contributed by atoms with van der Waals surface area (Å²) in [6.07, 6.45) is 1.11. The quantitative estimate of drug-likeness (QED) is 0.409. The summed E-state index contributed by atoms with van der Waals surface area (Å²) in [7, 11) is 1.27. The molecular formula is C29H23F2NO7. The minimum atomic E-state index is -1.70. The van der Waals surface area contributed by atoms with Crippen LogP contribution in [-0.2, 0) is 21.5 Å². The van der Waals surface area contributed by atoms with Crippen molar-refractivity contribution in [1.82, 2.24) is 5.32 Å². The average Bonchev–Trinajstić information content (AvgIpc) is 3.16. The number of methoxy groups -OCH3 is 1. The molecule has 3 aromatic rings. The molecule has 0 saturated heterocycles. The summed E-state index contributed by atoms with van der Waals surface area (Å²) < 4.78 is 39.6. The maximum Gasteiger partial charge on any atom is 0.259 e. The van der Waals surface area contributed by atoms with Gasteiger partial charge in [-0.25, -0.2) is 8.78 Å². The standard InChI is InChI=1S/C29H23F2NO7/c1-12-5-6-15-16(7-14(30)8-18(15)31)17(12)11-32-28(37)24-21(38-4)9-20(35)25-26(24)39-22-10-19(34)23(13(2)33)27(36)29(22,25)3/h5-10,34-35H,11H2,1-4H3,(H,32,37)/t29-/m1/s1. The van der Waals surface area contributed by atoms with Crippen LogP contribution < -0.4 is 14.8 Å². The Kier molecular flexibility index (Phi) is 5.93. The molecular weight excluding hydrogens is 512 g/mol. The predicted molar refractivity (Wildman–Crippen MR) is 136 cm³/mol. The number of hydrogen-bond donors (Lipinski definition) is 3. The van der Waals surface area contributed by atoms with Gasteiger partial charge in [0.05, 0.1) is 12.7 Å². The number of aliphatic hydroxyl groups excluding tert-OH is 1. The number of ether oxygens (including phenoxy) is 2. The Morgan fingerprint density at radius 3 is 2.51 bits per heavy atom. The highest BCUT2D eigenvalue weighted by molar-refractivity contribution is 6.25. The van der Waals surface area contributed by atoms with Gasteiger partial charge in [-0.2, -0.15) is 0 Å². The van der Waals surface area contributed by atoms with Gasteiger partial charge in [0.25, 0.3) is 5.91 Å². The second-order valence-electron chi connectivity index (χ2n) is 9.58. The SMILES string of the molecule is COc1cc(O)c2c(c1C(=O)NCc1c(C)ccc3c(F)cc(F)cc13)OC1=CC(O)=C(C(C)=O)C(=O)[C@]12C. The van der Waals surface area contributed by atoms with Crippen molar-refractivity contribution in [2.45, 2.75) is 32.7 Å². The summed E-state index contributed by atoms with van der Waals surface area (Å²) in [5, 5.41) is 24.4. The summed E-state index contributed by atoms with van der Waals surface area (Å²) in [6.45, 7) is 4.15. The number of nitrogens with one attached hydrogen (secondary N) is 1. The first-order chi connectivity index (χ1) is 18.4. The normalized spacial score (nSPS) is 17.9. The molecule has 0 fully saturated rings. The third-order valence-electron chi connectivity index (χ3n) is 7.25. The molecule has 0 saturated carbocycles. The molecule has 3 N–H and O–H groups in total.